The number of thiophene rings is 2. The molecule has 10 heteroatoms. The topological polar surface area (TPSA) is 79.4 Å². The molecule has 0 atom stereocenters. The van der Waals surface area contributed by atoms with Gasteiger partial charge in [0.15, 0.2) is 0 Å². The molecule has 3 aromatic heterocycles. The van der Waals surface area contributed by atoms with Crippen molar-refractivity contribution in [3.63, 3.8) is 0 Å². The number of carbonyl (C=O) groups excluding carboxylic acids is 1. The molecule has 0 saturated carbocycles. The van der Waals surface area contributed by atoms with Crippen molar-refractivity contribution in [2.24, 2.45) is 0 Å². The summed E-state index contributed by atoms with van der Waals surface area (Å²) in [6.07, 6.45) is 1.21. The Morgan fingerprint density at radius 3 is 2.54 bits per heavy atom. The maximum Gasteiger partial charge on any atom is 0.265 e. The molecule has 1 saturated heterocycles. The highest BCUT2D eigenvalue weighted by molar-refractivity contribution is 7.91. The van der Waals surface area contributed by atoms with Gasteiger partial charge in [0.05, 0.1) is 10.6 Å². The highest BCUT2D eigenvalue weighted by atomic mass is 32.2. The van der Waals surface area contributed by atoms with E-state index in [9.17, 15) is 13.2 Å². The Bertz CT molecular complexity index is 1050. The molecule has 0 spiro atoms. The van der Waals surface area contributed by atoms with Crippen LogP contribution in [0.15, 0.2) is 39.2 Å². The molecule has 1 amide bonds. The lowest BCUT2D eigenvalue weighted by Crippen LogP contribution is -2.46. The Labute approximate surface area is 175 Å². The second kappa shape index (κ2) is 8.03. The summed E-state index contributed by atoms with van der Waals surface area (Å²) in [5, 5.41) is 4.61. The molecule has 0 bridgehead atoms. The van der Waals surface area contributed by atoms with Gasteiger partial charge in [0.2, 0.25) is 10.0 Å². The van der Waals surface area contributed by atoms with Crippen LogP contribution < -0.4 is 4.72 Å². The van der Waals surface area contributed by atoms with Gasteiger partial charge >= 0.3 is 0 Å². The van der Waals surface area contributed by atoms with E-state index in [-0.39, 0.29) is 11.9 Å². The molecule has 148 valence electrons. The molecule has 0 unspecified atom stereocenters. The first-order valence-electron chi connectivity index (χ1n) is 8.80. The van der Waals surface area contributed by atoms with Gasteiger partial charge in [0, 0.05) is 19.1 Å². The van der Waals surface area contributed by atoms with E-state index in [1.807, 2.05) is 24.4 Å². The maximum atomic E-state index is 12.9. The number of aryl methyl sites for hydroxylation is 1. The van der Waals surface area contributed by atoms with Crippen molar-refractivity contribution in [1.82, 2.24) is 14.6 Å². The van der Waals surface area contributed by atoms with Gasteiger partial charge in [0.25, 0.3) is 5.91 Å². The number of aromatic nitrogens is 1. The lowest BCUT2D eigenvalue weighted by molar-refractivity contribution is 0.0715. The van der Waals surface area contributed by atoms with Crippen molar-refractivity contribution in [2.45, 2.75) is 30.0 Å². The molecule has 3 aromatic rings. The quantitative estimate of drug-likeness (QED) is 0.637. The van der Waals surface area contributed by atoms with Crippen LogP contribution in [0.25, 0.3) is 9.88 Å². The van der Waals surface area contributed by atoms with Crippen molar-refractivity contribution in [2.75, 3.05) is 13.1 Å². The second-order valence-electron chi connectivity index (χ2n) is 6.53. The van der Waals surface area contributed by atoms with Gasteiger partial charge in [-0.05, 0) is 42.7 Å². The molecule has 1 aliphatic rings. The molecule has 0 aromatic carbocycles. The van der Waals surface area contributed by atoms with Crippen LogP contribution in [0, 0.1) is 6.92 Å². The molecule has 0 radical (unpaired) electrons. The Hall–Kier alpha value is -1.59. The van der Waals surface area contributed by atoms with Crippen molar-refractivity contribution < 1.29 is 13.2 Å². The second-order valence-corrected chi connectivity index (χ2v) is 11.4. The number of rotatable bonds is 5. The van der Waals surface area contributed by atoms with Crippen molar-refractivity contribution in [3.05, 3.63) is 45.6 Å². The largest absolute Gasteiger partial charge is 0.338 e. The first kappa shape index (κ1) is 19.7. The fourth-order valence-corrected chi connectivity index (χ4v) is 7.28. The Morgan fingerprint density at radius 2 is 1.89 bits per heavy atom. The molecule has 28 heavy (non-hydrogen) atoms. The highest BCUT2D eigenvalue weighted by Crippen LogP contribution is 2.32. The Kier molecular flexibility index (Phi) is 5.66. The molecule has 1 N–H and O–H groups in total. The summed E-state index contributed by atoms with van der Waals surface area (Å²) < 4.78 is 27.8. The van der Waals surface area contributed by atoms with Crippen LogP contribution in [0.5, 0.6) is 0 Å². The number of sulfonamides is 1. The number of hydrogen-bond donors (Lipinski definition) is 1. The predicted octanol–water partition coefficient (Wildman–Crippen LogP) is 3.82. The third-order valence-electron chi connectivity index (χ3n) is 4.59. The summed E-state index contributed by atoms with van der Waals surface area (Å²) in [6.45, 7) is 2.92. The zero-order valence-electron chi connectivity index (χ0n) is 15.1. The van der Waals surface area contributed by atoms with E-state index in [4.69, 9.17) is 0 Å². The average Bonchev–Trinajstić information content (AvgIpc) is 3.43. The minimum Gasteiger partial charge on any atom is -0.338 e. The van der Waals surface area contributed by atoms with Crippen LogP contribution in [0.4, 0.5) is 0 Å². The molecule has 0 aliphatic carbocycles. The normalized spacial score (nSPS) is 15.8. The van der Waals surface area contributed by atoms with E-state index in [2.05, 4.69) is 9.71 Å². The van der Waals surface area contributed by atoms with Crippen LogP contribution in [0.1, 0.15) is 28.2 Å². The first-order chi connectivity index (χ1) is 13.4. The molecular weight excluding hydrogens is 434 g/mol. The van der Waals surface area contributed by atoms with E-state index in [1.165, 1.54) is 22.7 Å². The van der Waals surface area contributed by atoms with E-state index >= 15 is 0 Å². The zero-order chi connectivity index (χ0) is 19.7. The number of likely N-dealkylation sites (tertiary alicyclic amines) is 1. The molecule has 4 heterocycles. The number of amides is 1. The van der Waals surface area contributed by atoms with Crippen molar-refractivity contribution in [1.29, 1.82) is 0 Å². The summed E-state index contributed by atoms with van der Waals surface area (Å²) in [5.41, 5.74) is 0.749. The van der Waals surface area contributed by atoms with Crippen LogP contribution in [0.3, 0.4) is 0 Å². The molecule has 1 fully saturated rings. The smallest absolute Gasteiger partial charge is 0.265 e. The lowest BCUT2D eigenvalue weighted by Gasteiger charge is -2.32. The molecule has 1 aliphatic heterocycles. The van der Waals surface area contributed by atoms with Crippen molar-refractivity contribution >= 4 is 49.9 Å². The van der Waals surface area contributed by atoms with Crippen molar-refractivity contribution in [3.8, 4) is 9.88 Å². The summed E-state index contributed by atoms with van der Waals surface area (Å²) in [7, 11) is -3.48. The molecule has 4 rings (SSSR count). The van der Waals surface area contributed by atoms with Gasteiger partial charge < -0.3 is 4.90 Å². The first-order valence-corrected chi connectivity index (χ1v) is 12.9. The van der Waals surface area contributed by atoms with Crippen LogP contribution in [-0.2, 0) is 10.0 Å². The number of carbonyl (C=O) groups is 1. The number of nitrogens with zero attached hydrogens (tertiary/aromatic N) is 2. The fourth-order valence-electron chi connectivity index (χ4n) is 3.14. The number of hydrogen-bond acceptors (Lipinski definition) is 7. The molecular formula is C18H19N3O3S4. The average molecular weight is 454 g/mol. The molecule has 6 nitrogen and oxygen atoms in total. The standard InChI is InChI=1S/C18H19N3O3S4/c1-12-16(27-17(19-12)14-4-2-10-25-14)18(22)21-8-6-13(7-9-21)20-28(23,24)15-5-3-11-26-15/h2-5,10-11,13,20H,6-9H2,1H3. The number of nitrogens with one attached hydrogen (secondary N) is 1. The lowest BCUT2D eigenvalue weighted by atomic mass is 10.1. The zero-order valence-corrected chi connectivity index (χ0v) is 18.4. The minimum atomic E-state index is -3.48. The maximum absolute atomic E-state index is 12.9. The van der Waals surface area contributed by atoms with Gasteiger partial charge in [-0.3, -0.25) is 4.79 Å². The van der Waals surface area contributed by atoms with Gasteiger partial charge in [-0.1, -0.05) is 12.1 Å². The van der Waals surface area contributed by atoms with Crippen LogP contribution in [0.2, 0.25) is 0 Å². The minimum absolute atomic E-state index is 0.0163. The summed E-state index contributed by atoms with van der Waals surface area (Å²) in [4.78, 5) is 21.0. The third kappa shape index (κ3) is 4.06. The van der Waals surface area contributed by atoms with Crippen LogP contribution in [-0.4, -0.2) is 43.3 Å². The third-order valence-corrected chi connectivity index (χ3v) is 9.69. The van der Waals surface area contributed by atoms with Crippen LogP contribution >= 0.6 is 34.0 Å². The summed E-state index contributed by atoms with van der Waals surface area (Å²) >= 11 is 4.24. The Morgan fingerprint density at radius 1 is 1.18 bits per heavy atom. The predicted molar refractivity (Wildman–Crippen MR) is 114 cm³/mol. The summed E-state index contributed by atoms with van der Waals surface area (Å²) in [5.74, 6) is -0.0163. The van der Waals surface area contributed by atoms with E-state index in [0.717, 1.165) is 15.6 Å². The highest BCUT2D eigenvalue weighted by Gasteiger charge is 2.29. The summed E-state index contributed by atoms with van der Waals surface area (Å²) in [6, 6.07) is 7.15. The van der Waals surface area contributed by atoms with E-state index in [0.29, 0.717) is 35.0 Å². The van der Waals surface area contributed by atoms with Gasteiger partial charge in [-0.25, -0.2) is 18.1 Å². The number of piperidine rings is 1. The SMILES string of the molecule is Cc1nc(-c2cccs2)sc1C(=O)N1CCC(NS(=O)(=O)c2cccs2)CC1. The fraction of sp³-hybridized carbons (Fsp3) is 0.333. The van der Waals surface area contributed by atoms with E-state index in [1.54, 1.807) is 33.7 Å². The van der Waals surface area contributed by atoms with Gasteiger partial charge in [0.1, 0.15) is 14.1 Å². The van der Waals surface area contributed by atoms with Gasteiger partial charge in [-0.15, -0.1) is 34.0 Å². The monoisotopic (exact) mass is 453 g/mol. The van der Waals surface area contributed by atoms with Gasteiger partial charge in [-0.2, -0.15) is 0 Å². The van der Waals surface area contributed by atoms with E-state index < -0.39 is 10.0 Å². The number of thiazole rings is 1. The Balaban J connectivity index is 1.39.